The smallest absolute Gasteiger partial charge is 0.321 e. The van der Waals surface area contributed by atoms with Crippen molar-refractivity contribution in [2.75, 3.05) is 12.8 Å². The van der Waals surface area contributed by atoms with Gasteiger partial charge in [-0.1, -0.05) is 11.6 Å². The lowest BCUT2D eigenvalue weighted by Gasteiger charge is -2.12. The highest BCUT2D eigenvalue weighted by atomic mass is 35.5. The van der Waals surface area contributed by atoms with Gasteiger partial charge in [-0.15, -0.1) is 11.8 Å². The third kappa shape index (κ3) is 4.12. The molecule has 1 atom stereocenters. The number of carbonyl (C=O) groups is 2. The fourth-order valence-electron chi connectivity index (χ4n) is 1.13. The van der Waals surface area contributed by atoms with Crippen LogP contribution in [-0.4, -0.2) is 24.2 Å². The van der Waals surface area contributed by atoms with Crippen molar-refractivity contribution >= 4 is 41.0 Å². The summed E-state index contributed by atoms with van der Waals surface area (Å²) in [5, 5.41) is 4.56. The number of amides is 3. The van der Waals surface area contributed by atoms with Crippen LogP contribution in [-0.2, 0) is 4.79 Å². The van der Waals surface area contributed by atoms with E-state index in [0.717, 1.165) is 4.90 Å². The number of hydrogen-bond donors (Lipinski definition) is 3. The minimum absolute atomic E-state index is 0.382. The Labute approximate surface area is 114 Å². The van der Waals surface area contributed by atoms with E-state index in [1.807, 2.05) is 0 Å². The number of urea groups is 1. The third-order valence-electron chi connectivity index (χ3n) is 2.09. The highest BCUT2D eigenvalue weighted by molar-refractivity contribution is 8.00. The number of thioether (sulfide) groups is 1. The van der Waals surface area contributed by atoms with Crippen LogP contribution >= 0.6 is 23.4 Å². The Kier molecular flexibility index (Phi) is 5.30. The summed E-state index contributed by atoms with van der Waals surface area (Å²) in [6.07, 6.45) is 0. The molecule has 0 aliphatic rings. The molecule has 1 unspecified atom stereocenters. The first-order chi connectivity index (χ1) is 8.43. The van der Waals surface area contributed by atoms with Gasteiger partial charge in [0.2, 0.25) is 5.91 Å². The molecule has 5 nitrogen and oxygen atoms in total. The Morgan fingerprint density at radius 3 is 2.67 bits per heavy atom. The van der Waals surface area contributed by atoms with Gasteiger partial charge in [0, 0.05) is 17.6 Å². The molecule has 0 bridgehead atoms. The summed E-state index contributed by atoms with van der Waals surface area (Å²) in [6.45, 7) is 1.69. The first kappa shape index (κ1) is 14.7. The molecule has 98 valence electrons. The molecule has 0 radical (unpaired) electrons. The van der Waals surface area contributed by atoms with Crippen LogP contribution in [0.3, 0.4) is 0 Å². The molecule has 0 heterocycles. The quantitative estimate of drug-likeness (QED) is 0.585. The monoisotopic (exact) mass is 287 g/mol. The Bertz CT molecular complexity index is 468. The van der Waals surface area contributed by atoms with Crippen LogP contribution in [0.1, 0.15) is 6.92 Å². The molecule has 3 amide bonds. The Morgan fingerprint density at radius 2 is 2.11 bits per heavy atom. The largest absolute Gasteiger partial charge is 0.399 e. The van der Waals surface area contributed by atoms with Gasteiger partial charge in [0.05, 0.1) is 10.3 Å². The molecular formula is C11H14ClN3O2S. The number of nitrogens with two attached hydrogens (primary N) is 1. The number of carbonyl (C=O) groups excluding carboxylic acids is 2. The van der Waals surface area contributed by atoms with E-state index in [1.54, 1.807) is 25.1 Å². The summed E-state index contributed by atoms with van der Waals surface area (Å²) in [6, 6.07) is 4.53. The lowest BCUT2D eigenvalue weighted by molar-refractivity contribution is -0.119. The van der Waals surface area contributed by atoms with Crippen LogP contribution in [0.2, 0.25) is 5.02 Å². The standard InChI is InChI=1S/C11H14ClN3O2S/c1-6(10(16)15-11(17)14-2)18-9-4-3-7(13)5-8(9)12/h3-6H,13H2,1-2H3,(H2,14,15,16,17). The van der Waals surface area contributed by atoms with Crippen LogP contribution in [0.5, 0.6) is 0 Å². The van der Waals surface area contributed by atoms with Crippen molar-refractivity contribution in [1.82, 2.24) is 10.6 Å². The van der Waals surface area contributed by atoms with Gasteiger partial charge in [-0.25, -0.2) is 4.79 Å². The number of hydrogen-bond acceptors (Lipinski definition) is 4. The molecule has 0 fully saturated rings. The van der Waals surface area contributed by atoms with E-state index >= 15 is 0 Å². The van der Waals surface area contributed by atoms with Gasteiger partial charge in [-0.05, 0) is 25.1 Å². The molecule has 0 saturated carbocycles. The molecule has 1 rings (SSSR count). The number of imide groups is 1. The van der Waals surface area contributed by atoms with E-state index in [0.29, 0.717) is 10.7 Å². The van der Waals surface area contributed by atoms with Crippen LogP contribution in [0.4, 0.5) is 10.5 Å². The highest BCUT2D eigenvalue weighted by Crippen LogP contribution is 2.31. The van der Waals surface area contributed by atoms with Crippen molar-refractivity contribution in [3.8, 4) is 0 Å². The summed E-state index contributed by atoms with van der Waals surface area (Å²) >= 11 is 7.26. The normalized spacial score (nSPS) is 11.7. The zero-order valence-corrected chi connectivity index (χ0v) is 11.6. The predicted octanol–water partition coefficient (Wildman–Crippen LogP) is 1.86. The van der Waals surface area contributed by atoms with Gasteiger partial charge in [0.15, 0.2) is 0 Å². The van der Waals surface area contributed by atoms with Crippen LogP contribution < -0.4 is 16.4 Å². The summed E-state index contributed by atoms with van der Waals surface area (Å²) < 4.78 is 0. The van der Waals surface area contributed by atoms with Gasteiger partial charge in [-0.3, -0.25) is 10.1 Å². The molecule has 4 N–H and O–H groups in total. The maximum absolute atomic E-state index is 11.6. The number of anilines is 1. The fraction of sp³-hybridized carbons (Fsp3) is 0.273. The highest BCUT2D eigenvalue weighted by Gasteiger charge is 2.17. The number of halogens is 1. The number of rotatable bonds is 3. The summed E-state index contributed by atoms with van der Waals surface area (Å²) in [5.74, 6) is -0.382. The number of benzene rings is 1. The molecule has 7 heteroatoms. The molecule has 0 aliphatic carbocycles. The second-order valence-corrected chi connectivity index (χ2v) is 5.31. The minimum atomic E-state index is -0.532. The lowest BCUT2D eigenvalue weighted by atomic mass is 10.3. The van der Waals surface area contributed by atoms with Crippen LogP contribution in [0, 0.1) is 0 Å². The number of nitrogen functional groups attached to an aromatic ring is 1. The topological polar surface area (TPSA) is 84.2 Å². The van der Waals surface area contributed by atoms with Gasteiger partial charge >= 0.3 is 6.03 Å². The molecular weight excluding hydrogens is 274 g/mol. The van der Waals surface area contributed by atoms with Gasteiger partial charge in [-0.2, -0.15) is 0 Å². The van der Waals surface area contributed by atoms with Crippen molar-refractivity contribution < 1.29 is 9.59 Å². The van der Waals surface area contributed by atoms with Crippen LogP contribution in [0.25, 0.3) is 0 Å². The predicted molar refractivity (Wildman–Crippen MR) is 73.8 cm³/mol. The maximum Gasteiger partial charge on any atom is 0.321 e. The van der Waals surface area contributed by atoms with Crippen LogP contribution in [0.15, 0.2) is 23.1 Å². The second-order valence-electron chi connectivity index (χ2n) is 3.52. The molecule has 0 aliphatic heterocycles. The van der Waals surface area contributed by atoms with Gasteiger partial charge in [0.1, 0.15) is 0 Å². The van der Waals surface area contributed by atoms with E-state index in [4.69, 9.17) is 17.3 Å². The molecule has 0 aromatic heterocycles. The molecule has 0 spiro atoms. The zero-order chi connectivity index (χ0) is 13.7. The van der Waals surface area contributed by atoms with E-state index in [-0.39, 0.29) is 5.91 Å². The van der Waals surface area contributed by atoms with E-state index in [9.17, 15) is 9.59 Å². The fourth-order valence-corrected chi connectivity index (χ4v) is 2.32. The SMILES string of the molecule is CNC(=O)NC(=O)C(C)Sc1ccc(N)cc1Cl. The first-order valence-corrected chi connectivity index (χ1v) is 6.44. The average Bonchev–Trinajstić information content (AvgIpc) is 2.32. The maximum atomic E-state index is 11.6. The first-order valence-electron chi connectivity index (χ1n) is 5.18. The van der Waals surface area contributed by atoms with Gasteiger partial charge in [0.25, 0.3) is 0 Å². The molecule has 0 saturated heterocycles. The van der Waals surface area contributed by atoms with Crippen molar-refractivity contribution in [3.63, 3.8) is 0 Å². The molecule has 1 aromatic carbocycles. The van der Waals surface area contributed by atoms with Gasteiger partial charge < -0.3 is 11.1 Å². The second kappa shape index (κ2) is 6.51. The van der Waals surface area contributed by atoms with Crippen molar-refractivity contribution in [2.45, 2.75) is 17.1 Å². The summed E-state index contributed by atoms with van der Waals surface area (Å²) in [7, 11) is 1.44. The van der Waals surface area contributed by atoms with E-state index in [1.165, 1.54) is 18.8 Å². The summed E-state index contributed by atoms with van der Waals surface area (Å²) in [4.78, 5) is 23.4. The molecule has 18 heavy (non-hydrogen) atoms. The van der Waals surface area contributed by atoms with E-state index in [2.05, 4.69) is 10.6 Å². The average molecular weight is 288 g/mol. The third-order valence-corrected chi connectivity index (χ3v) is 3.70. The number of nitrogens with one attached hydrogen (secondary N) is 2. The Hall–Kier alpha value is -1.40. The van der Waals surface area contributed by atoms with E-state index < -0.39 is 11.3 Å². The van der Waals surface area contributed by atoms with Crippen molar-refractivity contribution in [3.05, 3.63) is 23.2 Å². The minimum Gasteiger partial charge on any atom is -0.399 e. The van der Waals surface area contributed by atoms with Crippen molar-refractivity contribution in [1.29, 1.82) is 0 Å². The Morgan fingerprint density at radius 1 is 1.44 bits per heavy atom. The summed E-state index contributed by atoms with van der Waals surface area (Å²) in [5.41, 5.74) is 6.14. The van der Waals surface area contributed by atoms with Crippen molar-refractivity contribution in [2.24, 2.45) is 0 Å². The molecule has 1 aromatic rings. The Balaban J connectivity index is 2.66. The lowest BCUT2D eigenvalue weighted by Crippen LogP contribution is -2.41. The zero-order valence-electron chi connectivity index (χ0n) is 9.99.